The minimum Gasteiger partial charge on any atom is -0.423 e. The van der Waals surface area contributed by atoms with Crippen molar-refractivity contribution < 1.29 is 12.8 Å². The second-order valence-electron chi connectivity index (χ2n) is 6.96. The Kier molecular flexibility index (Phi) is 4.26. The summed E-state index contributed by atoms with van der Waals surface area (Å²) in [6, 6.07) is 10.4. The maximum absolute atomic E-state index is 13.4. The molecule has 5 aromatic rings. The van der Waals surface area contributed by atoms with Crippen molar-refractivity contribution in [3.8, 4) is 11.1 Å². The first-order chi connectivity index (χ1) is 14.3. The topological polar surface area (TPSA) is 90.9 Å². The molecule has 0 aliphatic carbocycles. The zero-order valence-corrected chi connectivity index (χ0v) is 18.4. The average molecular weight is 483 g/mol. The van der Waals surface area contributed by atoms with E-state index >= 15 is 0 Å². The van der Waals surface area contributed by atoms with Gasteiger partial charge in [0.2, 0.25) is 5.71 Å². The van der Waals surface area contributed by atoms with Crippen LogP contribution in [0.25, 0.3) is 33.4 Å². The average Bonchev–Trinajstić information content (AvgIpc) is 3.27. The molecule has 1 aromatic carbocycles. The van der Waals surface area contributed by atoms with Gasteiger partial charge in [-0.1, -0.05) is 17.7 Å². The van der Waals surface area contributed by atoms with Crippen molar-refractivity contribution in [2.75, 3.05) is 0 Å². The Bertz CT molecular complexity index is 1540. The molecule has 9 heteroatoms. The lowest BCUT2D eigenvalue weighted by Crippen LogP contribution is -2.12. The maximum atomic E-state index is 13.4. The molecule has 150 valence electrons. The first-order valence-corrected chi connectivity index (χ1v) is 11.3. The summed E-state index contributed by atoms with van der Waals surface area (Å²) in [6.07, 6.45) is 4.80. The van der Waals surface area contributed by atoms with Crippen LogP contribution in [-0.2, 0) is 10.0 Å². The summed E-state index contributed by atoms with van der Waals surface area (Å²) in [5.41, 5.74) is 3.77. The molecule has 0 N–H and O–H groups in total. The van der Waals surface area contributed by atoms with Crippen LogP contribution < -0.4 is 0 Å². The van der Waals surface area contributed by atoms with Gasteiger partial charge < -0.3 is 4.42 Å². The Morgan fingerprint density at radius 3 is 2.57 bits per heavy atom. The third-order valence-corrected chi connectivity index (χ3v) is 6.92. The van der Waals surface area contributed by atoms with Crippen LogP contribution in [-0.4, -0.2) is 27.3 Å². The molecular formula is C21H15BrN4O3S. The van der Waals surface area contributed by atoms with Crippen LogP contribution in [0.5, 0.6) is 0 Å². The molecule has 0 spiro atoms. The molecule has 4 heterocycles. The number of halogens is 1. The van der Waals surface area contributed by atoms with Gasteiger partial charge in [-0.05, 0) is 47.1 Å². The summed E-state index contributed by atoms with van der Waals surface area (Å²) < 4.78 is 34.2. The van der Waals surface area contributed by atoms with Crippen molar-refractivity contribution >= 4 is 48.2 Å². The Morgan fingerprint density at radius 1 is 1.03 bits per heavy atom. The fraction of sp³-hybridized carbons (Fsp3) is 0.0952. The van der Waals surface area contributed by atoms with Gasteiger partial charge in [-0.25, -0.2) is 27.3 Å². The minimum absolute atomic E-state index is 0.196. The van der Waals surface area contributed by atoms with Crippen molar-refractivity contribution in [2.24, 2.45) is 0 Å². The molecule has 30 heavy (non-hydrogen) atoms. The monoisotopic (exact) mass is 482 g/mol. The van der Waals surface area contributed by atoms with Gasteiger partial charge in [-0.3, -0.25) is 0 Å². The highest BCUT2D eigenvalue weighted by atomic mass is 79.9. The van der Waals surface area contributed by atoms with Gasteiger partial charge in [0.1, 0.15) is 5.52 Å². The maximum Gasteiger partial charge on any atom is 0.269 e. The molecule has 0 bridgehead atoms. The van der Waals surface area contributed by atoms with E-state index in [2.05, 4.69) is 30.9 Å². The first kappa shape index (κ1) is 19.0. The van der Waals surface area contributed by atoms with E-state index < -0.39 is 10.0 Å². The molecule has 7 nitrogen and oxygen atoms in total. The molecule has 0 unspecified atom stereocenters. The van der Waals surface area contributed by atoms with Gasteiger partial charge in [-0.2, -0.15) is 0 Å². The molecule has 0 aliphatic heterocycles. The summed E-state index contributed by atoms with van der Waals surface area (Å²) in [4.78, 5) is 13.2. The van der Waals surface area contributed by atoms with Gasteiger partial charge in [0, 0.05) is 46.5 Å². The van der Waals surface area contributed by atoms with Crippen LogP contribution in [0.2, 0.25) is 0 Å². The number of oxazole rings is 1. The summed E-state index contributed by atoms with van der Waals surface area (Å²) in [5.74, 6) is 0.517. The lowest BCUT2D eigenvalue weighted by molar-refractivity contribution is 0.551. The van der Waals surface area contributed by atoms with Crippen LogP contribution in [0.15, 0.2) is 68.8 Å². The fourth-order valence-electron chi connectivity index (χ4n) is 3.37. The van der Waals surface area contributed by atoms with E-state index in [1.54, 1.807) is 49.8 Å². The number of aryl methyl sites for hydroxylation is 2. The largest absolute Gasteiger partial charge is 0.423 e. The number of rotatable bonds is 3. The molecule has 5 rings (SSSR count). The molecule has 0 saturated heterocycles. The highest BCUT2D eigenvalue weighted by Gasteiger charge is 2.23. The molecular weight excluding hydrogens is 468 g/mol. The highest BCUT2D eigenvalue weighted by molar-refractivity contribution is 9.10. The van der Waals surface area contributed by atoms with E-state index in [1.165, 1.54) is 3.97 Å². The van der Waals surface area contributed by atoms with Crippen molar-refractivity contribution in [2.45, 2.75) is 18.7 Å². The zero-order valence-electron chi connectivity index (χ0n) is 16.0. The number of nitrogens with zero attached hydrogens (tertiary/aromatic N) is 4. The summed E-state index contributed by atoms with van der Waals surface area (Å²) in [5, 5.41) is 0.682. The van der Waals surface area contributed by atoms with E-state index in [0.717, 1.165) is 15.6 Å². The smallest absolute Gasteiger partial charge is 0.269 e. The van der Waals surface area contributed by atoms with Gasteiger partial charge in [0.25, 0.3) is 10.0 Å². The number of benzene rings is 1. The minimum atomic E-state index is -3.84. The van der Waals surface area contributed by atoms with Crippen LogP contribution in [0.3, 0.4) is 0 Å². The molecule has 0 amide bonds. The normalized spacial score (nSPS) is 12.1. The fourth-order valence-corrected chi connectivity index (χ4v) is 5.03. The molecule has 4 aromatic heterocycles. The lowest BCUT2D eigenvalue weighted by atomic mass is 10.1. The predicted octanol–water partition coefficient (Wildman–Crippen LogP) is 4.86. The lowest BCUT2D eigenvalue weighted by Gasteiger charge is -2.07. The number of aromatic nitrogens is 4. The molecule has 0 radical (unpaired) electrons. The predicted molar refractivity (Wildman–Crippen MR) is 117 cm³/mol. The zero-order chi connectivity index (χ0) is 21.0. The van der Waals surface area contributed by atoms with Gasteiger partial charge in [0.05, 0.1) is 4.90 Å². The Balaban J connectivity index is 1.77. The van der Waals surface area contributed by atoms with Gasteiger partial charge >= 0.3 is 0 Å². The summed E-state index contributed by atoms with van der Waals surface area (Å²) >= 11 is 3.43. The van der Waals surface area contributed by atoms with Crippen molar-refractivity contribution in [1.82, 2.24) is 18.9 Å². The number of hydrogen-bond acceptors (Lipinski definition) is 6. The van der Waals surface area contributed by atoms with E-state index in [0.29, 0.717) is 33.7 Å². The number of fused-ring (bicyclic) bond motifs is 2. The van der Waals surface area contributed by atoms with E-state index in [4.69, 9.17) is 4.42 Å². The molecule has 0 aliphatic rings. The van der Waals surface area contributed by atoms with Crippen LogP contribution in [0.1, 0.15) is 11.5 Å². The van der Waals surface area contributed by atoms with E-state index in [1.807, 2.05) is 19.1 Å². The Morgan fingerprint density at radius 2 is 1.80 bits per heavy atom. The van der Waals surface area contributed by atoms with Crippen molar-refractivity contribution in [3.63, 3.8) is 0 Å². The Labute approximate surface area is 180 Å². The Hall–Kier alpha value is -3.04. The number of hydrogen-bond donors (Lipinski definition) is 0. The van der Waals surface area contributed by atoms with Crippen LogP contribution >= 0.6 is 15.9 Å². The standard InChI is InChI=1S/C21H15BrN4O3S/c1-12-3-5-16(6-4-12)30(27,28)26-11-18(17-8-15(22)10-23-20(17)26)14-7-19-21(24-9-14)29-13(2)25-19/h3-11H,1-2H3. The summed E-state index contributed by atoms with van der Waals surface area (Å²) in [6.45, 7) is 3.66. The van der Waals surface area contributed by atoms with Crippen molar-refractivity contribution in [3.05, 3.63) is 70.9 Å². The quantitative estimate of drug-likeness (QED) is 0.364. The van der Waals surface area contributed by atoms with Crippen molar-refractivity contribution in [1.29, 1.82) is 0 Å². The van der Waals surface area contributed by atoms with E-state index in [-0.39, 0.29) is 4.90 Å². The second-order valence-corrected chi connectivity index (χ2v) is 9.69. The van der Waals surface area contributed by atoms with Gasteiger partial charge in [0.15, 0.2) is 11.5 Å². The van der Waals surface area contributed by atoms with Crippen LogP contribution in [0.4, 0.5) is 0 Å². The first-order valence-electron chi connectivity index (χ1n) is 9.05. The SMILES string of the molecule is Cc1ccc(S(=O)(=O)n2cc(-c3cnc4oc(C)nc4c3)c3cc(Br)cnc32)cc1. The number of pyridine rings is 2. The highest BCUT2D eigenvalue weighted by Crippen LogP contribution is 2.34. The third kappa shape index (κ3) is 3.01. The molecule has 0 saturated carbocycles. The third-order valence-electron chi connectivity index (χ3n) is 4.82. The van der Waals surface area contributed by atoms with E-state index in [9.17, 15) is 8.42 Å². The molecule has 0 fully saturated rings. The second kappa shape index (κ2) is 6.75. The summed E-state index contributed by atoms with van der Waals surface area (Å²) in [7, 11) is -3.84. The van der Waals surface area contributed by atoms with Gasteiger partial charge in [-0.15, -0.1) is 0 Å². The molecule has 0 atom stereocenters. The van der Waals surface area contributed by atoms with Crippen LogP contribution in [0, 0.1) is 13.8 Å².